The highest BCUT2D eigenvalue weighted by Gasteiger charge is 2.34. The molecule has 2 fully saturated rings. The summed E-state index contributed by atoms with van der Waals surface area (Å²) >= 11 is 6.27. The number of nitrogens with one attached hydrogen (secondary N) is 1. The summed E-state index contributed by atoms with van der Waals surface area (Å²) in [5.41, 5.74) is 1.09. The monoisotopic (exact) mass is 294 g/mol. The molecule has 3 nitrogen and oxygen atoms in total. The number of benzene rings is 1. The molecule has 1 heterocycles. The van der Waals surface area contributed by atoms with Gasteiger partial charge < -0.3 is 10.1 Å². The van der Waals surface area contributed by atoms with Gasteiger partial charge in [-0.15, -0.1) is 0 Å². The Hall–Kier alpha value is -0.930. The number of ether oxygens (including phenoxy) is 1. The zero-order valence-corrected chi connectivity index (χ0v) is 13.0. The molecule has 1 atom stereocenters. The molecular weight excluding hydrogens is 272 g/mol. The highest BCUT2D eigenvalue weighted by molar-refractivity contribution is 6.32. The first-order valence-corrected chi connectivity index (χ1v) is 7.96. The summed E-state index contributed by atoms with van der Waals surface area (Å²) < 4.78 is 5.66. The van der Waals surface area contributed by atoms with E-state index in [-0.39, 0.29) is 6.10 Å². The molecule has 1 saturated carbocycles. The molecule has 1 aromatic rings. The maximum absolute atomic E-state index is 6.27. The van der Waals surface area contributed by atoms with Crippen LogP contribution in [0.4, 0.5) is 5.69 Å². The lowest BCUT2D eigenvalue weighted by Gasteiger charge is -2.18. The minimum atomic E-state index is 0.147. The molecule has 1 aliphatic carbocycles. The Morgan fingerprint density at radius 1 is 1.30 bits per heavy atom. The molecule has 0 bridgehead atoms. The van der Waals surface area contributed by atoms with Crippen LogP contribution in [0.15, 0.2) is 18.2 Å². The van der Waals surface area contributed by atoms with Gasteiger partial charge in [-0.05, 0) is 51.3 Å². The van der Waals surface area contributed by atoms with Crippen LogP contribution in [-0.2, 0) is 0 Å². The lowest BCUT2D eigenvalue weighted by atomic mass is 10.2. The number of rotatable bonds is 5. The van der Waals surface area contributed by atoms with Crippen molar-refractivity contribution < 1.29 is 4.74 Å². The molecule has 0 aromatic heterocycles. The molecule has 1 aromatic carbocycles. The van der Waals surface area contributed by atoms with Crippen molar-refractivity contribution in [2.75, 3.05) is 18.4 Å². The summed E-state index contributed by atoms with van der Waals surface area (Å²) in [5, 5.41) is 4.27. The summed E-state index contributed by atoms with van der Waals surface area (Å²) in [5.74, 6) is 0.762. The average Bonchev–Trinajstić information content (AvgIpc) is 3.14. The lowest BCUT2D eigenvalue weighted by Crippen LogP contribution is -2.27. The van der Waals surface area contributed by atoms with Gasteiger partial charge in [-0.2, -0.15) is 0 Å². The largest absolute Gasteiger partial charge is 0.489 e. The van der Waals surface area contributed by atoms with Gasteiger partial charge in [0, 0.05) is 30.9 Å². The Labute approximate surface area is 126 Å². The Morgan fingerprint density at radius 3 is 2.75 bits per heavy atom. The van der Waals surface area contributed by atoms with E-state index in [2.05, 4.69) is 16.3 Å². The van der Waals surface area contributed by atoms with E-state index in [0.717, 1.165) is 24.0 Å². The predicted molar refractivity (Wildman–Crippen MR) is 83.8 cm³/mol. The predicted octanol–water partition coefficient (Wildman–Crippen LogP) is 3.78. The maximum Gasteiger partial charge on any atom is 0.138 e. The number of hydrogen-bond acceptors (Lipinski definition) is 3. The van der Waals surface area contributed by atoms with Gasteiger partial charge in [0.2, 0.25) is 0 Å². The van der Waals surface area contributed by atoms with Crippen LogP contribution >= 0.6 is 11.6 Å². The third-order valence-corrected chi connectivity index (χ3v) is 4.24. The zero-order chi connectivity index (χ0) is 14.1. The Balaban J connectivity index is 1.58. The second kappa shape index (κ2) is 5.82. The van der Waals surface area contributed by atoms with Crippen LogP contribution in [0, 0.1) is 0 Å². The third-order valence-electron chi connectivity index (χ3n) is 3.95. The number of anilines is 1. The van der Waals surface area contributed by atoms with Crippen molar-refractivity contribution in [1.29, 1.82) is 0 Å². The van der Waals surface area contributed by atoms with Gasteiger partial charge in [-0.25, -0.2) is 0 Å². The molecule has 3 rings (SSSR count). The van der Waals surface area contributed by atoms with Crippen molar-refractivity contribution in [2.24, 2.45) is 0 Å². The molecule has 110 valence electrons. The fourth-order valence-electron chi connectivity index (χ4n) is 2.85. The van der Waals surface area contributed by atoms with Crippen molar-refractivity contribution in [3.63, 3.8) is 0 Å². The van der Waals surface area contributed by atoms with Gasteiger partial charge >= 0.3 is 0 Å². The maximum atomic E-state index is 6.27. The summed E-state index contributed by atoms with van der Waals surface area (Å²) in [6, 6.07) is 7.40. The highest BCUT2D eigenvalue weighted by atomic mass is 35.5. The lowest BCUT2D eigenvalue weighted by molar-refractivity contribution is 0.242. The molecule has 4 heteroatoms. The number of likely N-dealkylation sites (tertiary alicyclic amines) is 1. The van der Waals surface area contributed by atoms with E-state index in [0.29, 0.717) is 11.1 Å². The number of nitrogens with zero attached hydrogens (tertiary/aromatic N) is 1. The first-order chi connectivity index (χ1) is 9.61. The van der Waals surface area contributed by atoms with Gasteiger partial charge in [-0.1, -0.05) is 11.6 Å². The standard InChI is InChI=1S/C16H23ClN2O/c1-11(2)20-16-6-3-12(9-15(16)17)18-13-7-8-19(10-13)14-4-5-14/h3,6,9,11,13-14,18H,4-5,7-8,10H2,1-2H3. The quantitative estimate of drug-likeness (QED) is 0.894. The zero-order valence-electron chi connectivity index (χ0n) is 12.2. The van der Waals surface area contributed by atoms with Crippen LogP contribution in [0.5, 0.6) is 5.75 Å². The van der Waals surface area contributed by atoms with Crippen LogP contribution in [0.2, 0.25) is 5.02 Å². The smallest absolute Gasteiger partial charge is 0.138 e. The average molecular weight is 295 g/mol. The third kappa shape index (κ3) is 3.39. The Kier molecular flexibility index (Phi) is 4.08. The molecular formula is C16H23ClN2O. The molecule has 1 aliphatic heterocycles. The van der Waals surface area contributed by atoms with E-state index in [4.69, 9.17) is 16.3 Å². The van der Waals surface area contributed by atoms with Gasteiger partial charge in [0.1, 0.15) is 5.75 Å². The van der Waals surface area contributed by atoms with Gasteiger partial charge in [0.25, 0.3) is 0 Å². The second-order valence-electron chi connectivity index (χ2n) is 6.17. The molecule has 0 radical (unpaired) electrons. The van der Waals surface area contributed by atoms with Crippen LogP contribution in [-0.4, -0.2) is 36.2 Å². The van der Waals surface area contributed by atoms with Crippen LogP contribution in [0.3, 0.4) is 0 Å². The van der Waals surface area contributed by atoms with Crippen LogP contribution < -0.4 is 10.1 Å². The van der Waals surface area contributed by atoms with E-state index < -0.39 is 0 Å². The fraction of sp³-hybridized carbons (Fsp3) is 0.625. The minimum absolute atomic E-state index is 0.147. The fourth-order valence-corrected chi connectivity index (χ4v) is 3.08. The SMILES string of the molecule is CC(C)Oc1ccc(NC2CCN(C3CC3)C2)cc1Cl. The van der Waals surface area contributed by atoms with E-state index >= 15 is 0 Å². The molecule has 2 aliphatic rings. The van der Waals surface area contributed by atoms with E-state index in [9.17, 15) is 0 Å². The summed E-state index contributed by atoms with van der Waals surface area (Å²) in [7, 11) is 0. The van der Waals surface area contributed by atoms with Gasteiger partial charge in [0.05, 0.1) is 11.1 Å². The first-order valence-electron chi connectivity index (χ1n) is 7.58. The summed E-state index contributed by atoms with van der Waals surface area (Å²) in [4.78, 5) is 2.61. The van der Waals surface area contributed by atoms with E-state index in [1.165, 1.54) is 25.8 Å². The topological polar surface area (TPSA) is 24.5 Å². The summed E-state index contributed by atoms with van der Waals surface area (Å²) in [6.07, 6.45) is 4.14. The van der Waals surface area contributed by atoms with Crippen molar-refractivity contribution in [3.8, 4) is 5.75 Å². The van der Waals surface area contributed by atoms with Crippen LogP contribution in [0.1, 0.15) is 33.1 Å². The molecule has 1 saturated heterocycles. The van der Waals surface area contributed by atoms with Gasteiger partial charge in [-0.3, -0.25) is 4.90 Å². The van der Waals surface area contributed by atoms with Crippen molar-refractivity contribution in [2.45, 2.75) is 51.3 Å². The van der Waals surface area contributed by atoms with Gasteiger partial charge in [0.15, 0.2) is 0 Å². The first kappa shape index (κ1) is 14.0. The van der Waals surface area contributed by atoms with E-state index in [1.54, 1.807) is 0 Å². The molecule has 1 N–H and O–H groups in total. The van der Waals surface area contributed by atoms with Crippen molar-refractivity contribution in [1.82, 2.24) is 4.90 Å². The summed E-state index contributed by atoms with van der Waals surface area (Å²) in [6.45, 7) is 6.40. The van der Waals surface area contributed by atoms with E-state index in [1.807, 2.05) is 26.0 Å². The van der Waals surface area contributed by atoms with Crippen LogP contribution in [0.25, 0.3) is 0 Å². The normalized spacial score (nSPS) is 23.3. The Morgan fingerprint density at radius 2 is 2.10 bits per heavy atom. The van der Waals surface area contributed by atoms with Crippen molar-refractivity contribution in [3.05, 3.63) is 23.2 Å². The minimum Gasteiger partial charge on any atom is -0.489 e. The molecule has 0 amide bonds. The molecule has 20 heavy (non-hydrogen) atoms. The second-order valence-corrected chi connectivity index (χ2v) is 6.58. The Bertz CT molecular complexity index is 474. The number of hydrogen-bond donors (Lipinski definition) is 1. The highest BCUT2D eigenvalue weighted by Crippen LogP contribution is 2.32. The van der Waals surface area contributed by atoms with Crippen molar-refractivity contribution >= 4 is 17.3 Å². The molecule has 0 spiro atoms. The number of halogens is 1. The molecule has 1 unspecified atom stereocenters.